The molecule has 1 N–H and O–H groups in total. The van der Waals surface area contributed by atoms with Crippen molar-refractivity contribution in [2.24, 2.45) is 0 Å². The van der Waals surface area contributed by atoms with Crippen LogP contribution in [0.1, 0.15) is 69.4 Å². The van der Waals surface area contributed by atoms with Crippen LogP contribution >= 0.6 is 0 Å². The number of aromatic nitrogens is 4. The van der Waals surface area contributed by atoms with E-state index in [0.29, 0.717) is 30.1 Å². The average molecular weight is 393 g/mol. The molecule has 1 amide bonds. The predicted molar refractivity (Wildman–Crippen MR) is 111 cm³/mol. The first-order chi connectivity index (χ1) is 14.1. The van der Waals surface area contributed by atoms with Crippen LogP contribution in [0.15, 0.2) is 41.1 Å². The van der Waals surface area contributed by atoms with E-state index in [1.165, 1.54) is 18.4 Å². The summed E-state index contributed by atoms with van der Waals surface area (Å²) in [4.78, 5) is 16.8. The number of anilines is 1. The molecule has 0 radical (unpaired) electrons. The smallest absolute Gasteiger partial charge is 0.227 e. The van der Waals surface area contributed by atoms with Crippen LogP contribution in [0.25, 0.3) is 11.4 Å². The summed E-state index contributed by atoms with van der Waals surface area (Å²) >= 11 is 0. The molecule has 4 rings (SSSR count). The van der Waals surface area contributed by atoms with E-state index in [1.807, 2.05) is 22.9 Å². The van der Waals surface area contributed by atoms with Gasteiger partial charge in [-0.2, -0.15) is 10.1 Å². The van der Waals surface area contributed by atoms with Crippen molar-refractivity contribution in [3.63, 3.8) is 0 Å². The molecule has 0 bridgehead atoms. The molecule has 7 heteroatoms. The summed E-state index contributed by atoms with van der Waals surface area (Å²) in [5.41, 5.74) is 2.18. The van der Waals surface area contributed by atoms with Gasteiger partial charge in [0.15, 0.2) is 0 Å². The van der Waals surface area contributed by atoms with E-state index in [0.717, 1.165) is 24.2 Å². The van der Waals surface area contributed by atoms with Crippen molar-refractivity contribution in [3.8, 4) is 11.4 Å². The minimum atomic E-state index is -0.0780. The molecule has 0 spiro atoms. The number of carbonyl (C=O) groups is 1. The van der Waals surface area contributed by atoms with Crippen molar-refractivity contribution in [3.05, 3.63) is 48.0 Å². The number of aryl methyl sites for hydroxylation is 1. The molecular weight excluding hydrogens is 366 g/mol. The highest BCUT2D eigenvalue weighted by Gasteiger charge is 2.20. The van der Waals surface area contributed by atoms with Crippen LogP contribution in [-0.2, 0) is 11.2 Å². The first kappa shape index (κ1) is 19.4. The second-order valence-electron chi connectivity index (χ2n) is 7.94. The number of amides is 1. The Morgan fingerprint density at radius 3 is 2.69 bits per heavy atom. The van der Waals surface area contributed by atoms with E-state index in [-0.39, 0.29) is 12.3 Å². The molecule has 0 atom stereocenters. The number of benzene rings is 1. The van der Waals surface area contributed by atoms with Crippen LogP contribution in [0.4, 0.5) is 5.82 Å². The highest BCUT2D eigenvalue weighted by atomic mass is 16.5. The SMILES string of the molecule is CC(C)c1ccc(-c2noc(CCC(=O)Nc3ccnn3C3CCCC3)n2)cc1. The summed E-state index contributed by atoms with van der Waals surface area (Å²) in [5, 5.41) is 11.4. The molecule has 3 aromatic rings. The second-order valence-corrected chi connectivity index (χ2v) is 7.94. The molecule has 0 aliphatic heterocycles. The van der Waals surface area contributed by atoms with Crippen LogP contribution in [-0.4, -0.2) is 25.8 Å². The quantitative estimate of drug-likeness (QED) is 0.626. The van der Waals surface area contributed by atoms with Gasteiger partial charge in [0.05, 0.1) is 12.2 Å². The first-order valence-corrected chi connectivity index (χ1v) is 10.4. The van der Waals surface area contributed by atoms with Crippen molar-refractivity contribution in [1.82, 2.24) is 19.9 Å². The molecule has 2 aromatic heterocycles. The topological polar surface area (TPSA) is 85.8 Å². The Morgan fingerprint density at radius 2 is 1.97 bits per heavy atom. The monoisotopic (exact) mass is 393 g/mol. The number of hydrogen-bond acceptors (Lipinski definition) is 5. The molecule has 2 heterocycles. The predicted octanol–water partition coefficient (Wildman–Crippen LogP) is 4.74. The lowest BCUT2D eigenvalue weighted by Crippen LogP contribution is -2.18. The maximum absolute atomic E-state index is 12.4. The lowest BCUT2D eigenvalue weighted by molar-refractivity contribution is -0.116. The molecule has 0 unspecified atom stereocenters. The molecule has 1 aromatic carbocycles. The third kappa shape index (κ3) is 4.55. The van der Waals surface area contributed by atoms with E-state index in [9.17, 15) is 4.79 Å². The molecule has 1 aliphatic carbocycles. The van der Waals surface area contributed by atoms with Crippen LogP contribution in [0.5, 0.6) is 0 Å². The van der Waals surface area contributed by atoms with Crippen molar-refractivity contribution in [1.29, 1.82) is 0 Å². The zero-order valence-electron chi connectivity index (χ0n) is 17.0. The maximum Gasteiger partial charge on any atom is 0.227 e. The van der Waals surface area contributed by atoms with Gasteiger partial charge < -0.3 is 9.84 Å². The Morgan fingerprint density at radius 1 is 1.21 bits per heavy atom. The summed E-state index contributed by atoms with van der Waals surface area (Å²) in [7, 11) is 0. The Balaban J connectivity index is 1.33. The standard InChI is InChI=1S/C22H27N5O2/c1-15(2)16-7-9-17(10-8-16)22-25-21(29-26-22)12-11-20(28)24-19-13-14-23-27(19)18-5-3-4-6-18/h7-10,13-15,18H,3-6,11-12H2,1-2H3,(H,24,28). The summed E-state index contributed by atoms with van der Waals surface area (Å²) in [6.45, 7) is 4.32. The van der Waals surface area contributed by atoms with Gasteiger partial charge >= 0.3 is 0 Å². The molecule has 0 saturated heterocycles. The molecular formula is C22H27N5O2. The fourth-order valence-electron chi connectivity index (χ4n) is 3.77. The Bertz CT molecular complexity index is 952. The van der Waals surface area contributed by atoms with Crippen LogP contribution < -0.4 is 5.32 Å². The third-order valence-electron chi connectivity index (χ3n) is 5.48. The van der Waals surface area contributed by atoms with Gasteiger partial charge in [-0.3, -0.25) is 4.79 Å². The normalized spacial score (nSPS) is 14.6. The van der Waals surface area contributed by atoms with Gasteiger partial charge in [0, 0.05) is 24.5 Å². The lowest BCUT2D eigenvalue weighted by atomic mass is 10.0. The van der Waals surface area contributed by atoms with Gasteiger partial charge in [0.1, 0.15) is 5.82 Å². The van der Waals surface area contributed by atoms with Gasteiger partial charge in [-0.15, -0.1) is 0 Å². The summed E-state index contributed by atoms with van der Waals surface area (Å²) in [6.07, 6.45) is 7.10. The molecule has 152 valence electrons. The number of carbonyl (C=O) groups excluding carboxylic acids is 1. The van der Waals surface area contributed by atoms with Crippen LogP contribution in [0.2, 0.25) is 0 Å². The van der Waals surface area contributed by atoms with Crippen molar-refractivity contribution in [2.45, 2.75) is 64.3 Å². The van der Waals surface area contributed by atoms with Crippen molar-refractivity contribution >= 4 is 11.7 Å². The van der Waals surface area contributed by atoms with E-state index >= 15 is 0 Å². The molecule has 1 aliphatic rings. The second kappa shape index (κ2) is 8.59. The largest absolute Gasteiger partial charge is 0.339 e. The maximum atomic E-state index is 12.4. The summed E-state index contributed by atoms with van der Waals surface area (Å²) in [5.74, 6) is 2.18. The van der Waals surface area contributed by atoms with Crippen LogP contribution in [0, 0.1) is 0 Å². The van der Waals surface area contributed by atoms with E-state index in [4.69, 9.17) is 4.52 Å². The fraction of sp³-hybridized carbons (Fsp3) is 0.455. The minimum absolute atomic E-state index is 0.0780. The lowest BCUT2D eigenvalue weighted by Gasteiger charge is -2.14. The van der Waals surface area contributed by atoms with Gasteiger partial charge in [-0.1, -0.05) is 56.1 Å². The number of nitrogens with zero attached hydrogens (tertiary/aromatic N) is 4. The fourth-order valence-corrected chi connectivity index (χ4v) is 3.77. The Kier molecular flexibility index (Phi) is 5.74. The van der Waals surface area contributed by atoms with Gasteiger partial charge in [-0.25, -0.2) is 4.68 Å². The Hall–Kier alpha value is -2.96. The first-order valence-electron chi connectivity index (χ1n) is 10.4. The molecule has 7 nitrogen and oxygen atoms in total. The van der Waals surface area contributed by atoms with Gasteiger partial charge in [0.25, 0.3) is 0 Å². The van der Waals surface area contributed by atoms with Crippen LogP contribution in [0.3, 0.4) is 0 Å². The number of hydrogen-bond donors (Lipinski definition) is 1. The summed E-state index contributed by atoms with van der Waals surface area (Å²) in [6, 6.07) is 10.4. The average Bonchev–Trinajstić information content (AvgIpc) is 3.47. The van der Waals surface area contributed by atoms with Crippen molar-refractivity contribution < 1.29 is 9.32 Å². The highest BCUT2D eigenvalue weighted by Crippen LogP contribution is 2.31. The third-order valence-corrected chi connectivity index (χ3v) is 5.48. The van der Waals surface area contributed by atoms with Gasteiger partial charge in [-0.05, 0) is 24.3 Å². The Labute approximate surface area is 170 Å². The van der Waals surface area contributed by atoms with E-state index in [2.05, 4.69) is 46.5 Å². The van der Waals surface area contributed by atoms with Crippen molar-refractivity contribution in [2.75, 3.05) is 5.32 Å². The molecule has 1 saturated carbocycles. The van der Waals surface area contributed by atoms with Gasteiger partial charge in [0.2, 0.25) is 17.6 Å². The molecule has 1 fully saturated rings. The highest BCUT2D eigenvalue weighted by molar-refractivity contribution is 5.89. The number of nitrogens with one attached hydrogen (secondary N) is 1. The number of rotatable bonds is 7. The zero-order valence-corrected chi connectivity index (χ0v) is 17.0. The van der Waals surface area contributed by atoms with E-state index in [1.54, 1.807) is 6.20 Å². The van der Waals surface area contributed by atoms with E-state index < -0.39 is 0 Å². The zero-order chi connectivity index (χ0) is 20.2. The molecule has 29 heavy (non-hydrogen) atoms. The summed E-state index contributed by atoms with van der Waals surface area (Å²) < 4.78 is 7.27. The minimum Gasteiger partial charge on any atom is -0.339 e.